The van der Waals surface area contributed by atoms with Crippen molar-refractivity contribution < 1.29 is 95.0 Å². The van der Waals surface area contributed by atoms with E-state index in [0.717, 1.165) is 61.3 Å². The lowest BCUT2D eigenvalue weighted by Gasteiger charge is -2.51. The molecule has 3 aliphatic heterocycles. The van der Waals surface area contributed by atoms with E-state index in [2.05, 4.69) is 0 Å². The molecule has 15 atom stereocenters. The molecule has 9 rings (SSSR count). The summed E-state index contributed by atoms with van der Waals surface area (Å²) in [6.45, 7) is 3.65. The standard InChI is InChI=1S/C68H76O20/c1-44(69)81-59-60(82-45(2)70)64(83-46(3)71)68(88-61(59)65(72)73-4)87-58-56(78-39-50-30-18-9-19-31-50)54(43-76-37-48-26-14-7-15-27-48)85-67(63(58)80-41-52-34-22-11-23-35-52)86-57-55(77-38-49-28-16-8-17-29-49)53(42-75-36-47-24-12-6-13-25-47)84-66(74-5)62(57)79-40-51-32-20-10-21-33-51/h6-35,53-64,66-68H,36-43H2,1-5H3/t53-,54-,55-,56+,57+,58+,59+,60+,61+,62+,63-,64-,66+,67-,68-/m1/s1. The Balaban J connectivity index is 1.20. The van der Waals surface area contributed by atoms with Gasteiger partial charge in [0.15, 0.2) is 43.3 Å². The van der Waals surface area contributed by atoms with E-state index in [1.54, 1.807) is 0 Å². The highest BCUT2D eigenvalue weighted by Crippen LogP contribution is 2.39. The molecule has 88 heavy (non-hydrogen) atoms. The zero-order chi connectivity index (χ0) is 61.6. The first-order chi connectivity index (χ1) is 42.9. The molecule has 20 nitrogen and oxygen atoms in total. The van der Waals surface area contributed by atoms with Gasteiger partial charge in [0.25, 0.3) is 0 Å². The number of carbonyl (C=O) groups excluding carboxylic acids is 4. The van der Waals surface area contributed by atoms with Crippen LogP contribution in [0.15, 0.2) is 182 Å². The lowest BCUT2D eigenvalue weighted by molar-refractivity contribution is -0.391. The molecule has 6 aromatic carbocycles. The van der Waals surface area contributed by atoms with Gasteiger partial charge in [-0.1, -0.05) is 182 Å². The van der Waals surface area contributed by atoms with Crippen molar-refractivity contribution in [3.05, 3.63) is 215 Å². The highest BCUT2D eigenvalue weighted by Gasteiger charge is 2.60. The molecule has 0 unspecified atom stereocenters. The van der Waals surface area contributed by atoms with Crippen LogP contribution in [0, 0.1) is 0 Å². The topological polar surface area (TPSA) is 216 Å². The molecule has 468 valence electrons. The summed E-state index contributed by atoms with van der Waals surface area (Å²) in [5.74, 6) is -3.67. The lowest BCUT2D eigenvalue weighted by Crippen LogP contribution is -2.69. The van der Waals surface area contributed by atoms with Gasteiger partial charge in [-0.15, -0.1) is 0 Å². The summed E-state index contributed by atoms with van der Waals surface area (Å²) in [6, 6.07) is 57.2. The van der Waals surface area contributed by atoms with Crippen LogP contribution in [0.4, 0.5) is 0 Å². The van der Waals surface area contributed by atoms with E-state index in [9.17, 15) is 19.2 Å². The third kappa shape index (κ3) is 18.4. The molecule has 3 aliphatic rings. The summed E-state index contributed by atoms with van der Waals surface area (Å²) in [7, 11) is 2.61. The van der Waals surface area contributed by atoms with Gasteiger partial charge in [-0.2, -0.15) is 0 Å². The minimum atomic E-state index is -1.85. The Hall–Kier alpha value is -7.28. The van der Waals surface area contributed by atoms with Crippen LogP contribution in [0.5, 0.6) is 0 Å². The molecule has 20 heteroatoms. The van der Waals surface area contributed by atoms with Crippen molar-refractivity contribution in [1.82, 2.24) is 0 Å². The second-order valence-electron chi connectivity index (χ2n) is 21.2. The Morgan fingerprint density at radius 2 is 0.648 bits per heavy atom. The Bertz CT molecular complexity index is 3040. The van der Waals surface area contributed by atoms with Gasteiger partial charge in [0.2, 0.25) is 0 Å². The summed E-state index contributed by atoms with van der Waals surface area (Å²) in [5.41, 5.74) is 5.00. The van der Waals surface area contributed by atoms with Crippen molar-refractivity contribution in [2.75, 3.05) is 27.4 Å². The number of benzene rings is 6. The fourth-order valence-electron chi connectivity index (χ4n) is 10.7. The SMILES string of the molecule is COC(=O)[C@H]1O[C@@H](O[C@H]2[C@@H](OCc3ccccc3)[C@@H](COCc3ccccc3)O[C@H](O[C@@H]3[C@H](OCc4ccccc4)[C@@H](OC)O[C@H](COCc4ccccc4)[C@H]3OCc3ccccc3)[C@@H]2OCc2ccccc2)[C@H](OC(C)=O)[C@@H](OC(C)=O)[C@@H]1OC(C)=O. The average Bonchev–Trinajstić information content (AvgIpc) is 3.23. The largest absolute Gasteiger partial charge is 0.467 e. The van der Waals surface area contributed by atoms with Crippen LogP contribution in [-0.2, 0) is 135 Å². The Labute approximate surface area is 512 Å². The molecule has 3 fully saturated rings. The van der Waals surface area contributed by atoms with E-state index in [0.29, 0.717) is 0 Å². The first-order valence-electron chi connectivity index (χ1n) is 29.2. The second-order valence-corrected chi connectivity index (χ2v) is 21.2. The quantitative estimate of drug-likeness (QED) is 0.0319. The molecule has 0 N–H and O–H groups in total. The second kappa shape index (κ2) is 33.3. The zero-order valence-corrected chi connectivity index (χ0v) is 49.8. The number of hydrogen-bond donors (Lipinski definition) is 0. The van der Waals surface area contributed by atoms with Gasteiger partial charge in [0.05, 0.1) is 60.0 Å². The van der Waals surface area contributed by atoms with E-state index in [-0.39, 0.29) is 52.9 Å². The van der Waals surface area contributed by atoms with Crippen LogP contribution in [0.1, 0.15) is 54.2 Å². The smallest absolute Gasteiger partial charge is 0.339 e. The summed E-state index contributed by atoms with van der Waals surface area (Å²) in [4.78, 5) is 53.2. The number of methoxy groups -OCH3 is 2. The van der Waals surface area contributed by atoms with Crippen molar-refractivity contribution in [2.45, 2.75) is 153 Å². The number of hydrogen-bond acceptors (Lipinski definition) is 20. The average molecular weight is 1210 g/mol. The number of ether oxygens (including phenoxy) is 16. The van der Waals surface area contributed by atoms with Gasteiger partial charge in [0.1, 0.15) is 48.8 Å². The normalized spacial score (nSPS) is 26.9. The van der Waals surface area contributed by atoms with Gasteiger partial charge >= 0.3 is 23.9 Å². The fourth-order valence-corrected chi connectivity index (χ4v) is 10.7. The zero-order valence-electron chi connectivity index (χ0n) is 49.8. The Morgan fingerprint density at radius 1 is 0.341 bits per heavy atom. The van der Waals surface area contributed by atoms with Gasteiger partial charge in [-0.3, -0.25) is 14.4 Å². The van der Waals surface area contributed by atoms with Gasteiger partial charge in [0, 0.05) is 27.9 Å². The highest BCUT2D eigenvalue weighted by atomic mass is 16.8. The monoisotopic (exact) mass is 1210 g/mol. The predicted octanol–water partition coefficient (Wildman–Crippen LogP) is 8.32. The van der Waals surface area contributed by atoms with E-state index in [1.165, 1.54) is 7.11 Å². The van der Waals surface area contributed by atoms with Crippen LogP contribution in [-0.4, -0.2) is 143 Å². The molecule has 3 heterocycles. The summed E-state index contributed by atoms with van der Waals surface area (Å²) >= 11 is 0. The molecule has 0 amide bonds. The van der Waals surface area contributed by atoms with Gasteiger partial charge in [-0.25, -0.2) is 4.79 Å². The lowest BCUT2D eigenvalue weighted by atomic mass is 9.94. The maximum Gasteiger partial charge on any atom is 0.339 e. The Morgan fingerprint density at radius 3 is 1.00 bits per heavy atom. The van der Waals surface area contributed by atoms with Crippen molar-refractivity contribution in [1.29, 1.82) is 0 Å². The van der Waals surface area contributed by atoms with Gasteiger partial charge in [-0.05, 0) is 33.4 Å². The number of esters is 4. The van der Waals surface area contributed by atoms with E-state index in [4.69, 9.17) is 75.8 Å². The van der Waals surface area contributed by atoms with Gasteiger partial charge < -0.3 is 75.8 Å². The minimum absolute atomic E-state index is 0.00573. The van der Waals surface area contributed by atoms with Crippen molar-refractivity contribution in [2.24, 2.45) is 0 Å². The number of carbonyl (C=O) groups is 4. The maximum atomic E-state index is 13.9. The summed E-state index contributed by atoms with van der Waals surface area (Å²) in [5, 5.41) is 0. The molecule has 0 saturated carbocycles. The van der Waals surface area contributed by atoms with Crippen LogP contribution in [0.2, 0.25) is 0 Å². The van der Waals surface area contributed by atoms with Crippen LogP contribution in [0.3, 0.4) is 0 Å². The van der Waals surface area contributed by atoms with Crippen LogP contribution < -0.4 is 0 Å². The molecule has 0 radical (unpaired) electrons. The van der Waals surface area contributed by atoms with Crippen molar-refractivity contribution >= 4 is 23.9 Å². The third-order valence-corrected chi connectivity index (χ3v) is 14.8. The van der Waals surface area contributed by atoms with E-state index < -0.39 is 116 Å². The number of rotatable bonds is 29. The summed E-state index contributed by atoms with van der Waals surface area (Å²) in [6.07, 6.45) is -20.6. The first kappa shape index (κ1) is 65.2. The fraction of sp³-hybridized carbons (Fsp3) is 0.412. The van der Waals surface area contributed by atoms with Crippen molar-refractivity contribution in [3.8, 4) is 0 Å². The first-order valence-corrected chi connectivity index (χ1v) is 29.2. The Kier molecular flexibility index (Phi) is 24.7. The molecular weight excluding hydrogens is 1140 g/mol. The maximum absolute atomic E-state index is 13.9. The molecule has 6 aromatic rings. The summed E-state index contributed by atoms with van der Waals surface area (Å²) < 4.78 is 105. The minimum Gasteiger partial charge on any atom is -0.467 e. The van der Waals surface area contributed by atoms with E-state index in [1.807, 2.05) is 182 Å². The molecule has 0 spiro atoms. The highest BCUT2D eigenvalue weighted by molar-refractivity contribution is 5.77. The van der Waals surface area contributed by atoms with Crippen LogP contribution >= 0.6 is 0 Å². The molecule has 0 aromatic heterocycles. The molecule has 3 saturated heterocycles. The molecule has 0 aliphatic carbocycles. The van der Waals surface area contributed by atoms with E-state index >= 15 is 0 Å². The molecule has 0 bridgehead atoms. The van der Waals surface area contributed by atoms with Crippen molar-refractivity contribution in [3.63, 3.8) is 0 Å². The third-order valence-electron chi connectivity index (χ3n) is 14.8. The molecular formula is C68H76O20. The predicted molar refractivity (Wildman–Crippen MR) is 314 cm³/mol. The van der Waals surface area contributed by atoms with Crippen LogP contribution in [0.25, 0.3) is 0 Å².